The van der Waals surface area contributed by atoms with Gasteiger partial charge in [0.15, 0.2) is 5.96 Å². The molecule has 1 aliphatic heterocycles. The van der Waals surface area contributed by atoms with Crippen molar-refractivity contribution in [3.63, 3.8) is 0 Å². The van der Waals surface area contributed by atoms with Gasteiger partial charge in [0.25, 0.3) is 17.6 Å². The molecule has 0 bridgehead atoms. The van der Waals surface area contributed by atoms with Crippen molar-refractivity contribution in [2.24, 2.45) is 4.99 Å². The molecule has 9 nitrogen and oxygen atoms in total. The van der Waals surface area contributed by atoms with Gasteiger partial charge in [-0.15, -0.1) is 0 Å². The minimum Gasteiger partial charge on any atom is -0.359 e. The molecule has 200 valence electrons. The maximum absolute atomic E-state index is 13.4. The summed E-state index contributed by atoms with van der Waals surface area (Å²) in [6.45, 7) is 11.0. The van der Waals surface area contributed by atoms with Crippen LogP contribution in [0.5, 0.6) is 0 Å². The molecule has 1 aromatic heterocycles. The molecule has 3 N–H and O–H groups in total. The third kappa shape index (κ3) is 5.88. The molecule has 1 aliphatic rings. The van der Waals surface area contributed by atoms with Gasteiger partial charge in [0.05, 0.1) is 16.8 Å². The van der Waals surface area contributed by atoms with Gasteiger partial charge in [-0.1, -0.05) is 30.3 Å². The summed E-state index contributed by atoms with van der Waals surface area (Å²) in [6.07, 6.45) is 1.59. The number of hydrogen-bond donors (Lipinski definition) is 3. The number of anilines is 1. The second-order valence-electron chi connectivity index (χ2n) is 10.2. The number of nitrogens with one attached hydrogen (secondary N) is 3. The highest BCUT2D eigenvalue weighted by Crippen LogP contribution is 2.27. The fourth-order valence-electron chi connectivity index (χ4n) is 4.66. The van der Waals surface area contributed by atoms with Gasteiger partial charge in [0, 0.05) is 54.9 Å². The first-order valence-corrected chi connectivity index (χ1v) is 13.1. The molecule has 0 unspecified atom stereocenters. The number of hydrogen-bond acceptors (Lipinski definition) is 4. The number of para-hydroxylation sites is 1. The number of aliphatic imine (C=N–C) groups is 1. The van der Waals surface area contributed by atoms with E-state index in [1.165, 1.54) is 0 Å². The number of carbonyl (C=O) groups is 3. The van der Waals surface area contributed by atoms with E-state index in [4.69, 9.17) is 0 Å². The molecule has 38 heavy (non-hydrogen) atoms. The minimum atomic E-state index is -0.570. The second-order valence-corrected chi connectivity index (χ2v) is 10.2. The van der Waals surface area contributed by atoms with Crippen LogP contribution in [0.4, 0.5) is 5.69 Å². The van der Waals surface area contributed by atoms with E-state index >= 15 is 0 Å². The number of ketones is 1. The van der Waals surface area contributed by atoms with E-state index in [9.17, 15) is 14.4 Å². The Morgan fingerprint density at radius 1 is 1.00 bits per heavy atom. The van der Waals surface area contributed by atoms with Crippen LogP contribution < -0.4 is 10.6 Å². The fraction of sp³-hybridized carbons (Fsp3) is 0.379. The Hall–Kier alpha value is -4.14. The minimum absolute atomic E-state index is 0.0696. The SMILES string of the molecule is CC(C)/N=C(/Nc1cccc2c(C(=O)C(=O)N3CCN(C(=O)c4ccccc4)C[C@H]3C)c[nH]c12)NC(C)C. The quantitative estimate of drug-likeness (QED) is 0.199. The molecule has 0 saturated carbocycles. The Labute approximate surface area is 223 Å². The smallest absolute Gasteiger partial charge is 0.295 e. The van der Waals surface area contributed by atoms with Crippen molar-refractivity contribution in [1.29, 1.82) is 0 Å². The fourth-order valence-corrected chi connectivity index (χ4v) is 4.66. The Kier molecular flexibility index (Phi) is 8.14. The molecule has 9 heteroatoms. The molecule has 1 fully saturated rings. The van der Waals surface area contributed by atoms with Crippen LogP contribution in [0.3, 0.4) is 0 Å². The lowest BCUT2D eigenvalue weighted by molar-refractivity contribution is -0.130. The molecule has 2 amide bonds. The predicted octanol–water partition coefficient (Wildman–Crippen LogP) is 3.90. The van der Waals surface area contributed by atoms with Gasteiger partial charge in [-0.05, 0) is 52.8 Å². The largest absolute Gasteiger partial charge is 0.359 e. The number of carbonyl (C=O) groups excluding carboxylic acids is 3. The number of nitrogens with zero attached hydrogens (tertiary/aromatic N) is 3. The lowest BCUT2D eigenvalue weighted by Gasteiger charge is -2.39. The van der Waals surface area contributed by atoms with E-state index in [0.717, 1.165) is 11.2 Å². The Morgan fingerprint density at radius 2 is 1.74 bits per heavy atom. The van der Waals surface area contributed by atoms with E-state index in [1.54, 1.807) is 28.1 Å². The molecule has 0 aliphatic carbocycles. The summed E-state index contributed by atoms with van der Waals surface area (Å²) in [6, 6.07) is 14.7. The average Bonchev–Trinajstić information content (AvgIpc) is 3.32. The van der Waals surface area contributed by atoms with Crippen LogP contribution in [0.2, 0.25) is 0 Å². The standard InChI is InChI=1S/C29H36N6O3/c1-18(2)31-29(32-19(3)4)33-24-13-9-12-22-23(16-30-25(22)24)26(36)28(38)35-15-14-34(17-20(35)5)27(37)21-10-7-6-8-11-21/h6-13,16,18-20,30H,14-15,17H2,1-5H3,(H2,31,32,33)/t20-/m1/s1. The van der Waals surface area contributed by atoms with Crippen molar-refractivity contribution < 1.29 is 14.4 Å². The van der Waals surface area contributed by atoms with Crippen molar-refractivity contribution in [3.8, 4) is 0 Å². The molecule has 0 spiro atoms. The van der Waals surface area contributed by atoms with E-state index < -0.39 is 11.7 Å². The highest BCUT2D eigenvalue weighted by molar-refractivity contribution is 6.45. The summed E-state index contributed by atoms with van der Waals surface area (Å²) >= 11 is 0. The van der Waals surface area contributed by atoms with Crippen molar-refractivity contribution >= 4 is 40.1 Å². The first kappa shape index (κ1) is 26.9. The molecule has 1 atom stereocenters. The van der Waals surface area contributed by atoms with Gasteiger partial charge in [0.2, 0.25) is 0 Å². The van der Waals surface area contributed by atoms with Crippen molar-refractivity contribution in [1.82, 2.24) is 20.1 Å². The van der Waals surface area contributed by atoms with Gasteiger partial charge in [-0.3, -0.25) is 19.4 Å². The first-order valence-electron chi connectivity index (χ1n) is 13.1. The highest BCUT2D eigenvalue weighted by Gasteiger charge is 2.34. The van der Waals surface area contributed by atoms with Gasteiger partial charge >= 0.3 is 0 Å². The Bertz CT molecular complexity index is 1340. The lowest BCUT2D eigenvalue weighted by Crippen LogP contribution is -2.56. The van der Waals surface area contributed by atoms with E-state index in [1.807, 2.05) is 71.0 Å². The number of H-pyrrole nitrogens is 1. The van der Waals surface area contributed by atoms with Crippen LogP contribution in [0.1, 0.15) is 55.3 Å². The maximum atomic E-state index is 13.4. The second kappa shape index (κ2) is 11.5. The zero-order valence-electron chi connectivity index (χ0n) is 22.6. The lowest BCUT2D eigenvalue weighted by atomic mass is 10.1. The number of benzene rings is 2. The van der Waals surface area contributed by atoms with E-state index in [-0.39, 0.29) is 24.0 Å². The number of rotatable bonds is 6. The summed E-state index contributed by atoms with van der Waals surface area (Å²) in [7, 11) is 0. The summed E-state index contributed by atoms with van der Waals surface area (Å²) in [5.41, 5.74) is 2.41. The average molecular weight is 517 g/mol. The molecule has 0 radical (unpaired) electrons. The summed E-state index contributed by atoms with van der Waals surface area (Å²) < 4.78 is 0. The zero-order valence-corrected chi connectivity index (χ0v) is 22.6. The van der Waals surface area contributed by atoms with Crippen molar-refractivity contribution in [2.75, 3.05) is 25.0 Å². The Morgan fingerprint density at radius 3 is 2.39 bits per heavy atom. The summed E-state index contributed by atoms with van der Waals surface area (Å²) in [4.78, 5) is 50.6. The molecular formula is C29H36N6O3. The van der Waals surface area contributed by atoms with Crippen LogP contribution in [0.15, 0.2) is 59.7 Å². The number of fused-ring (bicyclic) bond motifs is 1. The number of piperazine rings is 1. The van der Waals surface area contributed by atoms with E-state index in [0.29, 0.717) is 42.1 Å². The molecular weight excluding hydrogens is 480 g/mol. The van der Waals surface area contributed by atoms with Gasteiger partial charge in [-0.2, -0.15) is 0 Å². The monoisotopic (exact) mass is 516 g/mol. The van der Waals surface area contributed by atoms with Crippen LogP contribution >= 0.6 is 0 Å². The van der Waals surface area contributed by atoms with Crippen molar-refractivity contribution in [2.45, 2.75) is 52.7 Å². The van der Waals surface area contributed by atoms with Crippen LogP contribution in [0.25, 0.3) is 10.9 Å². The van der Waals surface area contributed by atoms with Crippen LogP contribution in [-0.4, -0.2) is 76.1 Å². The maximum Gasteiger partial charge on any atom is 0.295 e. The predicted molar refractivity (Wildman–Crippen MR) is 151 cm³/mol. The molecule has 1 saturated heterocycles. The molecule has 4 rings (SSSR count). The highest BCUT2D eigenvalue weighted by atomic mass is 16.2. The third-order valence-electron chi connectivity index (χ3n) is 6.42. The van der Waals surface area contributed by atoms with Gasteiger partial charge in [-0.25, -0.2) is 0 Å². The third-order valence-corrected chi connectivity index (χ3v) is 6.42. The normalized spacial score (nSPS) is 16.3. The number of guanidine groups is 1. The van der Waals surface area contributed by atoms with Gasteiger partial charge < -0.3 is 25.4 Å². The topological polar surface area (TPSA) is 110 Å². The zero-order chi connectivity index (χ0) is 27.4. The van der Waals surface area contributed by atoms with Crippen molar-refractivity contribution in [3.05, 3.63) is 65.9 Å². The van der Waals surface area contributed by atoms with E-state index in [2.05, 4.69) is 20.6 Å². The Balaban J connectivity index is 1.50. The molecule has 2 heterocycles. The molecule has 3 aromatic rings. The summed E-state index contributed by atoms with van der Waals surface area (Å²) in [5, 5.41) is 7.30. The number of Topliss-reactive ketones (excluding diaryl/α,β-unsaturated/α-hetero) is 1. The van der Waals surface area contributed by atoms with Gasteiger partial charge in [0.1, 0.15) is 0 Å². The van der Waals surface area contributed by atoms with Crippen LogP contribution in [-0.2, 0) is 4.79 Å². The first-order chi connectivity index (χ1) is 18.2. The number of aromatic nitrogens is 1. The van der Waals surface area contributed by atoms with Crippen LogP contribution in [0, 0.1) is 0 Å². The molecule has 2 aromatic carbocycles. The summed E-state index contributed by atoms with van der Waals surface area (Å²) in [5.74, 6) is -0.566. The number of amides is 2. The number of aromatic amines is 1.